The van der Waals surface area contributed by atoms with Crippen molar-refractivity contribution in [1.29, 1.82) is 0 Å². The zero-order chi connectivity index (χ0) is 43.4. The Bertz CT molecular complexity index is 3710. The van der Waals surface area contributed by atoms with Gasteiger partial charge < -0.3 is 5.73 Å². The number of allylic oxidation sites excluding steroid dienone is 2. The van der Waals surface area contributed by atoms with Gasteiger partial charge in [0.25, 0.3) is 0 Å². The van der Waals surface area contributed by atoms with Crippen molar-refractivity contribution in [2.75, 3.05) is 5.73 Å². The largest absolute Gasteiger partial charge is 0.384 e. The van der Waals surface area contributed by atoms with E-state index in [1.807, 2.05) is 13.0 Å². The van der Waals surface area contributed by atoms with Crippen LogP contribution in [-0.4, -0.2) is 4.57 Å². The molecule has 0 spiro atoms. The van der Waals surface area contributed by atoms with Crippen molar-refractivity contribution < 1.29 is 0 Å². The van der Waals surface area contributed by atoms with Gasteiger partial charge >= 0.3 is 0 Å². The highest BCUT2D eigenvalue weighted by Gasteiger charge is 2.20. The van der Waals surface area contributed by atoms with Gasteiger partial charge in [0, 0.05) is 16.6 Å². The molecule has 0 unspecified atom stereocenters. The van der Waals surface area contributed by atoms with Gasteiger partial charge in [-0.25, -0.2) is 0 Å². The number of nitrogens with zero attached hydrogens (tertiary/aromatic N) is 1. The molecule has 0 radical (unpaired) electrons. The lowest BCUT2D eigenvalue weighted by atomic mass is 9.83. The van der Waals surface area contributed by atoms with Crippen LogP contribution in [0.15, 0.2) is 212 Å². The first-order valence-corrected chi connectivity index (χ1v) is 22.7. The molecule has 2 heteroatoms. The minimum atomic E-state index is 0.745. The van der Waals surface area contributed by atoms with E-state index in [1.165, 1.54) is 93.5 Å². The van der Waals surface area contributed by atoms with Crippen LogP contribution in [0.2, 0.25) is 0 Å². The van der Waals surface area contributed by atoms with Crippen LogP contribution >= 0.6 is 0 Å². The average molecular weight is 831 g/mol. The van der Waals surface area contributed by atoms with E-state index < -0.39 is 0 Å². The van der Waals surface area contributed by atoms with Crippen LogP contribution < -0.4 is 5.73 Å². The highest BCUT2D eigenvalue weighted by molar-refractivity contribution is 6.22. The number of nitrogens with two attached hydrogens (primary N) is 1. The predicted molar refractivity (Wildman–Crippen MR) is 279 cm³/mol. The van der Waals surface area contributed by atoms with Crippen LogP contribution in [-0.2, 0) is 6.42 Å². The van der Waals surface area contributed by atoms with Gasteiger partial charge in [0.1, 0.15) is 5.82 Å². The van der Waals surface area contributed by atoms with Crippen molar-refractivity contribution in [3.8, 4) is 61.3 Å². The molecule has 308 valence electrons. The summed E-state index contributed by atoms with van der Waals surface area (Å²) in [5.41, 5.74) is 24.9. The zero-order valence-electron chi connectivity index (χ0n) is 36.3. The van der Waals surface area contributed by atoms with Crippen molar-refractivity contribution >= 4 is 61.2 Å². The maximum atomic E-state index is 6.82. The number of benzene rings is 10. The molecule has 2 nitrogen and oxygen atoms in total. The van der Waals surface area contributed by atoms with E-state index in [-0.39, 0.29) is 0 Å². The van der Waals surface area contributed by atoms with Gasteiger partial charge in [-0.2, -0.15) is 0 Å². The average Bonchev–Trinajstić information content (AvgIpc) is 3.64. The first kappa shape index (κ1) is 38.5. The summed E-state index contributed by atoms with van der Waals surface area (Å²) in [7, 11) is 0. The van der Waals surface area contributed by atoms with Crippen molar-refractivity contribution in [3.05, 3.63) is 229 Å². The van der Waals surface area contributed by atoms with Crippen LogP contribution in [0.5, 0.6) is 0 Å². The molecular weight excluding hydrogens is 785 g/mol. The molecule has 2 N–H and O–H groups in total. The van der Waals surface area contributed by atoms with Gasteiger partial charge in [-0.15, -0.1) is 0 Å². The lowest BCUT2D eigenvalue weighted by molar-refractivity contribution is 0.986. The van der Waals surface area contributed by atoms with Gasteiger partial charge in [0.15, 0.2) is 0 Å². The maximum absolute atomic E-state index is 6.82. The molecule has 11 aromatic rings. The smallest absolute Gasteiger partial charge is 0.116 e. The van der Waals surface area contributed by atoms with Crippen LogP contribution in [0.1, 0.15) is 30.0 Å². The Labute approximate surface area is 379 Å². The lowest BCUT2D eigenvalue weighted by Gasteiger charge is -2.20. The van der Waals surface area contributed by atoms with Crippen LogP contribution in [0, 0.1) is 0 Å². The predicted octanol–water partition coefficient (Wildman–Crippen LogP) is 17.0. The van der Waals surface area contributed by atoms with Crippen molar-refractivity contribution in [1.82, 2.24) is 4.57 Å². The second-order valence-electron chi connectivity index (χ2n) is 17.3. The molecule has 1 aliphatic rings. The van der Waals surface area contributed by atoms with Crippen LogP contribution in [0.25, 0.3) is 117 Å². The quantitative estimate of drug-likeness (QED) is 0.159. The van der Waals surface area contributed by atoms with Crippen LogP contribution in [0.4, 0.5) is 5.82 Å². The van der Waals surface area contributed by atoms with E-state index in [2.05, 4.69) is 223 Å². The third-order valence-electron chi connectivity index (χ3n) is 13.5. The Morgan fingerprint density at radius 1 is 0.446 bits per heavy atom. The summed E-state index contributed by atoms with van der Waals surface area (Å²) >= 11 is 0. The summed E-state index contributed by atoms with van der Waals surface area (Å²) < 4.78 is 2.15. The summed E-state index contributed by atoms with van der Waals surface area (Å²) in [5, 5.41) is 8.70. The van der Waals surface area contributed by atoms with E-state index in [0.717, 1.165) is 46.4 Å². The summed E-state index contributed by atoms with van der Waals surface area (Å²) in [5.74, 6) is 0.745. The van der Waals surface area contributed by atoms with Crippen molar-refractivity contribution in [3.63, 3.8) is 0 Å². The number of aryl methyl sites for hydroxylation is 1. The zero-order valence-corrected chi connectivity index (χ0v) is 36.3. The minimum Gasteiger partial charge on any atom is -0.384 e. The molecule has 0 fully saturated rings. The number of anilines is 1. The van der Waals surface area contributed by atoms with E-state index >= 15 is 0 Å². The van der Waals surface area contributed by atoms with Gasteiger partial charge in [-0.3, -0.25) is 4.57 Å². The van der Waals surface area contributed by atoms with E-state index in [4.69, 9.17) is 5.73 Å². The lowest BCUT2D eigenvalue weighted by Crippen LogP contribution is -2.00. The Hall–Kier alpha value is -8.20. The maximum Gasteiger partial charge on any atom is 0.116 e. The molecule has 0 amide bonds. The second kappa shape index (κ2) is 15.9. The summed E-state index contributed by atoms with van der Waals surface area (Å²) in [4.78, 5) is 0. The topological polar surface area (TPSA) is 30.9 Å². The van der Waals surface area contributed by atoms with Gasteiger partial charge in [-0.1, -0.05) is 182 Å². The SMILES string of the molecule is C/C=C\c1c(N)n(-c2ccccc2)c2ccc(-c3ccc(-c4cccc(-c5ccc6c(-c7ccc8c(c7)CCC=C8)c7ccccc7c(-c7ccc8ccccc8c7)c6c5)c4)cc3)cc12. The molecule has 0 atom stereocenters. The summed E-state index contributed by atoms with van der Waals surface area (Å²) in [6.45, 7) is 2.04. The first-order chi connectivity index (χ1) is 32.1. The van der Waals surface area contributed by atoms with Crippen molar-refractivity contribution in [2.24, 2.45) is 0 Å². The number of hydrogen-bond acceptors (Lipinski definition) is 1. The molecule has 0 saturated heterocycles. The monoisotopic (exact) mass is 830 g/mol. The Morgan fingerprint density at radius 3 is 1.82 bits per heavy atom. The Morgan fingerprint density at radius 2 is 1.03 bits per heavy atom. The Kier molecular flexibility index (Phi) is 9.39. The normalized spacial score (nSPS) is 12.5. The van der Waals surface area contributed by atoms with Crippen LogP contribution in [0.3, 0.4) is 0 Å². The standard InChI is InChI=1S/C63H46N2/c1-2-13-57-58-39-49(33-35-60(58)65(63(57)64)53-20-4-3-5-21-53)44-26-24-43(25-27-44)47-18-12-19-48(36-47)50-32-34-56-59(40-50)62(52-31-29-42-15-7-9-17-46(42)38-52)55-23-11-10-22-54(55)61(56)51-30-28-41-14-6-8-16-45(41)37-51/h2-7,9-15,17-40H,8,16,64H2,1H3/b13-2-. The van der Waals surface area contributed by atoms with Gasteiger partial charge in [0.2, 0.25) is 0 Å². The molecule has 65 heavy (non-hydrogen) atoms. The van der Waals surface area contributed by atoms with Gasteiger partial charge in [0.05, 0.1) is 5.52 Å². The minimum absolute atomic E-state index is 0.745. The fourth-order valence-corrected chi connectivity index (χ4v) is 10.4. The number of fused-ring (bicyclic) bond motifs is 5. The molecule has 1 heterocycles. The third kappa shape index (κ3) is 6.65. The second-order valence-corrected chi connectivity index (χ2v) is 17.3. The summed E-state index contributed by atoms with van der Waals surface area (Å²) in [6, 6.07) is 73.9. The highest BCUT2D eigenvalue weighted by Crippen LogP contribution is 2.46. The molecule has 1 aromatic heterocycles. The van der Waals surface area contributed by atoms with E-state index in [1.54, 1.807) is 0 Å². The Balaban J connectivity index is 0.963. The number of nitrogen functional groups attached to an aromatic ring is 1. The molecule has 0 bridgehead atoms. The van der Waals surface area contributed by atoms with E-state index in [9.17, 15) is 0 Å². The van der Waals surface area contributed by atoms with Crippen molar-refractivity contribution in [2.45, 2.75) is 19.8 Å². The number of hydrogen-bond donors (Lipinski definition) is 1. The third-order valence-corrected chi connectivity index (χ3v) is 13.5. The molecule has 12 rings (SSSR count). The fraction of sp³-hybridized carbons (Fsp3) is 0.0476. The van der Waals surface area contributed by atoms with E-state index in [0.29, 0.717) is 0 Å². The number of rotatable bonds is 7. The molecule has 1 aliphatic carbocycles. The first-order valence-electron chi connectivity index (χ1n) is 22.7. The molecule has 0 aliphatic heterocycles. The molecular formula is C63H46N2. The molecule has 0 saturated carbocycles. The highest BCUT2D eigenvalue weighted by atomic mass is 15.1. The summed E-state index contributed by atoms with van der Waals surface area (Å²) in [6.07, 6.45) is 10.9. The number of para-hydroxylation sites is 1. The fourth-order valence-electron chi connectivity index (χ4n) is 10.4. The molecule has 10 aromatic carbocycles. The number of aromatic nitrogens is 1. The van der Waals surface area contributed by atoms with Gasteiger partial charge in [-0.05, 0) is 161 Å².